The van der Waals surface area contributed by atoms with Crippen LogP contribution in [0, 0.1) is 28.2 Å². The molecule has 1 heterocycles. The zero-order valence-electron chi connectivity index (χ0n) is 9.06. The smallest absolute Gasteiger partial charge is 0.326 e. The molecule has 0 unspecified atom stereocenters. The van der Waals surface area contributed by atoms with Crippen LogP contribution in [-0.2, 0) is 0 Å². The lowest BCUT2D eigenvalue weighted by Gasteiger charge is -1.84. The van der Waals surface area contributed by atoms with Gasteiger partial charge in [0.2, 0.25) is 0 Å². The van der Waals surface area contributed by atoms with Crippen molar-refractivity contribution in [3.05, 3.63) is 36.6 Å². The second kappa shape index (κ2) is 6.84. The Labute approximate surface area is 76.4 Å². The molecule has 12 heavy (non-hydrogen) atoms. The lowest BCUT2D eigenvalue weighted by atomic mass is 10.2. The van der Waals surface area contributed by atoms with Crippen LogP contribution < -0.4 is 0 Å². The topological polar surface area (TPSA) is 11.3 Å². The van der Waals surface area contributed by atoms with Gasteiger partial charge in [-0.2, -0.15) is 0 Å². The van der Waals surface area contributed by atoms with Crippen LogP contribution in [0.4, 0.5) is 0 Å². The fraction of sp³-hybridized carbons (Fsp3) is 0.455. The van der Waals surface area contributed by atoms with Crippen LogP contribution in [0.1, 0.15) is 30.9 Å². The van der Waals surface area contributed by atoms with Crippen molar-refractivity contribution >= 4 is 0 Å². The molecule has 0 spiro atoms. The molecule has 0 aliphatic carbocycles. The van der Waals surface area contributed by atoms with Crippen molar-refractivity contribution in [3.63, 3.8) is 0 Å². The molecule has 1 aromatic heterocycles. The van der Waals surface area contributed by atoms with Crippen LogP contribution in [0.25, 0.3) is 0 Å². The van der Waals surface area contributed by atoms with Crippen LogP contribution >= 0.6 is 0 Å². The molecule has 0 radical (unpaired) electrons. The van der Waals surface area contributed by atoms with Crippen molar-refractivity contribution in [3.8, 4) is 0 Å². The summed E-state index contributed by atoms with van der Waals surface area (Å²) >= 11 is 0. The molecule has 0 atom stereocenters. The van der Waals surface area contributed by atoms with Crippen LogP contribution in [-0.4, -0.2) is 0 Å². The molecule has 0 saturated carbocycles. The van der Waals surface area contributed by atoms with Gasteiger partial charge in [0.05, 0.1) is 13.8 Å². The fourth-order valence-corrected chi connectivity index (χ4v) is 0.996. The van der Waals surface area contributed by atoms with Gasteiger partial charge in [0.15, 0.2) is 0 Å². The first-order valence-corrected chi connectivity index (χ1v) is 4.06. The van der Waals surface area contributed by atoms with E-state index >= 15 is 0 Å². The highest BCUT2D eigenvalue weighted by molar-refractivity contribution is 5.14. The zero-order chi connectivity index (χ0) is 8.85. The summed E-state index contributed by atoms with van der Waals surface area (Å²) in [6.45, 7) is 9.98. The van der Waals surface area contributed by atoms with Gasteiger partial charge in [-0.25, -0.2) is 4.42 Å². The number of hydrogen-bond donors (Lipinski definition) is 0. The Morgan fingerprint density at radius 2 is 1.25 bits per heavy atom. The summed E-state index contributed by atoms with van der Waals surface area (Å²) in [5.74, 6) is 1.96. The van der Waals surface area contributed by atoms with E-state index in [-0.39, 0.29) is 7.43 Å². The fourth-order valence-electron chi connectivity index (χ4n) is 0.996. The quantitative estimate of drug-likeness (QED) is 0.421. The van der Waals surface area contributed by atoms with Crippen molar-refractivity contribution in [1.29, 1.82) is 0 Å². The molecule has 0 fully saturated rings. The van der Waals surface area contributed by atoms with E-state index in [1.165, 1.54) is 5.56 Å². The van der Waals surface area contributed by atoms with Gasteiger partial charge in [-0.3, -0.25) is 0 Å². The summed E-state index contributed by atoms with van der Waals surface area (Å²) < 4.78 is 5.26. The van der Waals surface area contributed by atoms with E-state index < -0.39 is 0 Å². The van der Waals surface area contributed by atoms with Gasteiger partial charge >= 0.3 is 11.5 Å². The number of hydrogen-bond acceptors (Lipinski definition) is 0. The maximum atomic E-state index is 5.26. The molecule has 0 amide bonds. The average molecular weight is 168 g/mol. The molecule has 0 bridgehead atoms. The van der Waals surface area contributed by atoms with Crippen LogP contribution in [0.15, 0.2) is 16.5 Å². The zero-order valence-corrected chi connectivity index (χ0v) is 9.06. The minimum atomic E-state index is 0. The standard InChI is InChI=1S/C8H11O.C2H6.CH3/c1-6-4-7(2)9-8(3)5-6;1-2;/h4-5H,1-3H3;1-2H3;1H3/q+1;;-1. The average Bonchev–Trinajstić information content (AvgIpc) is 1.88. The van der Waals surface area contributed by atoms with Crippen molar-refractivity contribution in [2.24, 2.45) is 0 Å². The first-order valence-electron chi connectivity index (χ1n) is 4.06. The molecular weight excluding hydrogens is 148 g/mol. The third-order valence-electron chi connectivity index (χ3n) is 1.18. The van der Waals surface area contributed by atoms with E-state index in [2.05, 4.69) is 6.92 Å². The Morgan fingerprint density at radius 1 is 0.917 bits per heavy atom. The first kappa shape index (κ1) is 13.7. The summed E-state index contributed by atoms with van der Waals surface area (Å²) in [4.78, 5) is 0. The van der Waals surface area contributed by atoms with Gasteiger partial charge in [-0.05, 0) is 12.5 Å². The van der Waals surface area contributed by atoms with Crippen molar-refractivity contribution in [2.45, 2.75) is 34.6 Å². The van der Waals surface area contributed by atoms with Gasteiger partial charge in [0, 0.05) is 12.1 Å². The van der Waals surface area contributed by atoms with Crippen molar-refractivity contribution < 1.29 is 4.42 Å². The summed E-state index contributed by atoms with van der Waals surface area (Å²) in [5.41, 5.74) is 1.26. The highest BCUT2D eigenvalue weighted by Crippen LogP contribution is 2.06. The molecule has 1 heteroatoms. The van der Waals surface area contributed by atoms with Crippen LogP contribution in [0.3, 0.4) is 0 Å². The molecule has 1 nitrogen and oxygen atoms in total. The largest absolute Gasteiger partial charge is 0.358 e. The molecule has 1 rings (SSSR count). The lowest BCUT2D eigenvalue weighted by Crippen LogP contribution is -1.78. The van der Waals surface area contributed by atoms with Gasteiger partial charge in [0.25, 0.3) is 0 Å². The minimum Gasteiger partial charge on any atom is -0.358 e. The Balaban J connectivity index is 0. The summed E-state index contributed by atoms with van der Waals surface area (Å²) in [6.07, 6.45) is 0. The van der Waals surface area contributed by atoms with Crippen molar-refractivity contribution in [2.75, 3.05) is 0 Å². The highest BCUT2D eigenvalue weighted by Gasteiger charge is 2.03. The Morgan fingerprint density at radius 3 is 1.50 bits per heavy atom. The number of rotatable bonds is 0. The second-order valence-electron chi connectivity index (χ2n) is 2.36. The van der Waals surface area contributed by atoms with Gasteiger partial charge < -0.3 is 7.43 Å². The highest BCUT2D eigenvalue weighted by atomic mass is 16.3. The Kier molecular flexibility index (Phi) is 7.82. The summed E-state index contributed by atoms with van der Waals surface area (Å²) in [5, 5.41) is 0. The predicted octanol–water partition coefficient (Wildman–Crippen LogP) is 3.96. The molecule has 1 aromatic rings. The number of aryl methyl sites for hydroxylation is 3. The summed E-state index contributed by atoms with van der Waals surface area (Å²) in [6, 6.07) is 4.04. The maximum Gasteiger partial charge on any atom is 0.326 e. The summed E-state index contributed by atoms with van der Waals surface area (Å²) in [7, 11) is 0. The van der Waals surface area contributed by atoms with E-state index in [0.29, 0.717) is 0 Å². The Hall–Kier alpha value is -0.850. The van der Waals surface area contributed by atoms with Crippen LogP contribution in [0.2, 0.25) is 0 Å². The third-order valence-corrected chi connectivity index (χ3v) is 1.18. The third kappa shape index (κ3) is 4.89. The molecule has 0 N–H and O–H groups in total. The molecule has 0 saturated heterocycles. The Bertz CT molecular complexity index is 166. The second-order valence-corrected chi connectivity index (χ2v) is 2.36. The van der Waals surface area contributed by atoms with Crippen LogP contribution in [0.5, 0.6) is 0 Å². The minimum absolute atomic E-state index is 0. The molecule has 0 aliphatic rings. The SMILES string of the molecule is CC.Cc1cc(C)[o+]c(C)c1.[CH3-]. The van der Waals surface area contributed by atoms with Gasteiger partial charge in [-0.15, -0.1) is 0 Å². The van der Waals surface area contributed by atoms with Gasteiger partial charge in [0.1, 0.15) is 0 Å². The molecule has 0 aliphatic heterocycles. The van der Waals surface area contributed by atoms with E-state index in [1.54, 1.807) is 0 Å². The normalized spacial score (nSPS) is 7.75. The van der Waals surface area contributed by atoms with Crippen molar-refractivity contribution in [1.82, 2.24) is 0 Å². The van der Waals surface area contributed by atoms with E-state index in [1.807, 2.05) is 39.8 Å². The first-order chi connectivity index (χ1) is 5.18. The lowest BCUT2D eigenvalue weighted by molar-refractivity contribution is 0.484. The molecule has 70 valence electrons. The predicted molar refractivity (Wildman–Crippen MR) is 55.1 cm³/mol. The van der Waals surface area contributed by atoms with E-state index in [0.717, 1.165) is 11.5 Å². The monoisotopic (exact) mass is 168 g/mol. The molecule has 0 aromatic carbocycles. The van der Waals surface area contributed by atoms with E-state index in [9.17, 15) is 0 Å². The van der Waals surface area contributed by atoms with E-state index in [4.69, 9.17) is 4.42 Å². The molecular formula is C11H20O. The van der Waals surface area contributed by atoms with Gasteiger partial charge in [-0.1, -0.05) is 13.8 Å². The maximum absolute atomic E-state index is 5.26.